The predicted molar refractivity (Wildman–Crippen MR) is 74.7 cm³/mol. The molecule has 1 aliphatic heterocycles. The fourth-order valence-electron chi connectivity index (χ4n) is 1.90. The van der Waals surface area contributed by atoms with E-state index >= 15 is 0 Å². The van der Waals surface area contributed by atoms with E-state index in [1.165, 1.54) is 0 Å². The molecule has 0 aromatic heterocycles. The van der Waals surface area contributed by atoms with Gasteiger partial charge in [-0.15, -0.1) is 0 Å². The highest BCUT2D eigenvalue weighted by molar-refractivity contribution is 6.32. The van der Waals surface area contributed by atoms with E-state index in [1.807, 2.05) is 12.1 Å². The van der Waals surface area contributed by atoms with E-state index in [2.05, 4.69) is 12.2 Å². The molecule has 1 saturated heterocycles. The minimum absolute atomic E-state index is 0.212. The smallest absolute Gasteiger partial charge is 0.138 e. The zero-order valence-corrected chi connectivity index (χ0v) is 11.8. The molecule has 1 aliphatic rings. The van der Waals surface area contributed by atoms with Crippen LogP contribution in [-0.2, 0) is 4.74 Å². The van der Waals surface area contributed by atoms with Crippen LogP contribution in [0.1, 0.15) is 6.92 Å². The Bertz CT molecular complexity index is 409. The van der Waals surface area contributed by atoms with Gasteiger partial charge in [0.1, 0.15) is 18.5 Å². The van der Waals surface area contributed by atoms with E-state index in [9.17, 15) is 5.11 Å². The molecule has 0 spiro atoms. The monoisotopic (exact) mass is 285 g/mol. The first-order chi connectivity index (χ1) is 9.09. The quantitative estimate of drug-likeness (QED) is 0.801. The fourth-order valence-corrected chi connectivity index (χ4v) is 2.09. The summed E-state index contributed by atoms with van der Waals surface area (Å²) in [6.45, 7) is 5.30. The highest BCUT2D eigenvalue weighted by Gasteiger charge is 2.32. The molecule has 2 N–H and O–H groups in total. The van der Waals surface area contributed by atoms with Crippen LogP contribution in [0.3, 0.4) is 0 Å². The van der Waals surface area contributed by atoms with Crippen LogP contribution in [0.15, 0.2) is 24.3 Å². The summed E-state index contributed by atoms with van der Waals surface area (Å²) in [6, 6.07) is 7.24. The maximum Gasteiger partial charge on any atom is 0.138 e. The van der Waals surface area contributed by atoms with Gasteiger partial charge in [0.05, 0.1) is 18.2 Å². The van der Waals surface area contributed by atoms with Crippen LogP contribution >= 0.6 is 11.6 Å². The van der Waals surface area contributed by atoms with Gasteiger partial charge in [-0.1, -0.05) is 30.7 Å². The van der Waals surface area contributed by atoms with Crippen LogP contribution < -0.4 is 10.1 Å². The molecule has 4 nitrogen and oxygen atoms in total. The molecule has 0 saturated carbocycles. The number of para-hydroxylation sites is 1. The summed E-state index contributed by atoms with van der Waals surface area (Å²) in [7, 11) is 0. The zero-order chi connectivity index (χ0) is 13.7. The van der Waals surface area contributed by atoms with Crippen molar-refractivity contribution >= 4 is 11.6 Å². The van der Waals surface area contributed by atoms with E-state index in [0.29, 0.717) is 17.3 Å². The molecule has 0 radical (unpaired) electrons. The number of benzene rings is 1. The summed E-state index contributed by atoms with van der Waals surface area (Å²) in [6.07, 6.45) is -0.555. The predicted octanol–water partition coefficient (Wildman–Crippen LogP) is 1.71. The molecule has 0 bridgehead atoms. The Morgan fingerprint density at radius 2 is 2.21 bits per heavy atom. The van der Waals surface area contributed by atoms with Gasteiger partial charge in [0.15, 0.2) is 0 Å². The highest BCUT2D eigenvalue weighted by atomic mass is 35.5. The lowest BCUT2D eigenvalue weighted by Gasteiger charge is -2.38. The molecule has 106 valence electrons. The number of rotatable bonds is 7. The van der Waals surface area contributed by atoms with Crippen molar-refractivity contribution < 1.29 is 14.6 Å². The number of halogens is 1. The summed E-state index contributed by atoms with van der Waals surface area (Å²) in [5.74, 6) is 0.600. The summed E-state index contributed by atoms with van der Waals surface area (Å²) >= 11 is 5.96. The molecule has 0 amide bonds. The first kappa shape index (κ1) is 14.6. The lowest BCUT2D eigenvalue weighted by atomic mass is 9.89. The van der Waals surface area contributed by atoms with Crippen LogP contribution in [-0.4, -0.2) is 44.1 Å². The number of hydrogen-bond acceptors (Lipinski definition) is 4. The van der Waals surface area contributed by atoms with Gasteiger partial charge in [0.2, 0.25) is 0 Å². The van der Waals surface area contributed by atoms with Gasteiger partial charge in [0.25, 0.3) is 0 Å². The number of hydrogen-bond donors (Lipinski definition) is 2. The van der Waals surface area contributed by atoms with E-state index in [-0.39, 0.29) is 12.0 Å². The van der Waals surface area contributed by atoms with E-state index in [4.69, 9.17) is 21.1 Å². The maximum atomic E-state index is 9.83. The first-order valence-electron chi connectivity index (χ1n) is 6.43. The van der Waals surface area contributed by atoms with Crippen molar-refractivity contribution in [1.29, 1.82) is 0 Å². The van der Waals surface area contributed by atoms with Gasteiger partial charge < -0.3 is 19.9 Å². The average molecular weight is 286 g/mol. The Hall–Kier alpha value is -0.810. The minimum atomic E-state index is -0.555. The summed E-state index contributed by atoms with van der Waals surface area (Å²) in [4.78, 5) is 0. The molecule has 1 aromatic carbocycles. The lowest BCUT2D eigenvalue weighted by Crippen LogP contribution is -2.48. The van der Waals surface area contributed by atoms with Crippen LogP contribution in [0.5, 0.6) is 5.75 Å². The van der Waals surface area contributed by atoms with Crippen molar-refractivity contribution in [2.75, 3.05) is 32.9 Å². The van der Waals surface area contributed by atoms with Crippen LogP contribution in [0.25, 0.3) is 0 Å². The summed E-state index contributed by atoms with van der Waals surface area (Å²) < 4.78 is 10.6. The highest BCUT2D eigenvalue weighted by Crippen LogP contribution is 2.25. The van der Waals surface area contributed by atoms with Gasteiger partial charge in [-0.3, -0.25) is 0 Å². The normalized spacial score (nSPS) is 18.7. The van der Waals surface area contributed by atoms with Gasteiger partial charge in [-0.05, 0) is 12.1 Å². The summed E-state index contributed by atoms with van der Waals surface area (Å²) in [5, 5.41) is 13.6. The Labute approximate surface area is 118 Å². The molecular weight excluding hydrogens is 266 g/mol. The average Bonchev–Trinajstić information content (AvgIpc) is 2.36. The van der Waals surface area contributed by atoms with Crippen molar-refractivity contribution in [3.05, 3.63) is 29.3 Å². The molecule has 1 atom stereocenters. The minimum Gasteiger partial charge on any atom is -0.489 e. The molecule has 2 rings (SSSR count). The Morgan fingerprint density at radius 1 is 1.47 bits per heavy atom. The second-order valence-corrected chi connectivity index (χ2v) is 5.74. The van der Waals surface area contributed by atoms with E-state index in [1.54, 1.807) is 12.1 Å². The molecule has 1 aromatic rings. The van der Waals surface area contributed by atoms with Gasteiger partial charge in [0, 0.05) is 18.5 Å². The molecule has 1 fully saturated rings. The standard InChI is InChI=1S/C14H20ClNO3/c1-14(9-18-10-14)8-16-6-11(17)7-19-13-5-3-2-4-12(13)15/h2-5,11,16-17H,6-10H2,1H3. The van der Waals surface area contributed by atoms with Crippen LogP contribution in [0.2, 0.25) is 5.02 Å². The van der Waals surface area contributed by atoms with E-state index < -0.39 is 6.10 Å². The topological polar surface area (TPSA) is 50.7 Å². The largest absolute Gasteiger partial charge is 0.489 e. The van der Waals surface area contributed by atoms with Crippen molar-refractivity contribution in [1.82, 2.24) is 5.32 Å². The molecule has 1 heterocycles. The van der Waals surface area contributed by atoms with Crippen molar-refractivity contribution in [2.45, 2.75) is 13.0 Å². The third-order valence-electron chi connectivity index (χ3n) is 3.10. The third kappa shape index (κ3) is 4.35. The van der Waals surface area contributed by atoms with Crippen molar-refractivity contribution in [3.63, 3.8) is 0 Å². The second-order valence-electron chi connectivity index (χ2n) is 5.33. The fraction of sp³-hybridized carbons (Fsp3) is 0.571. The first-order valence-corrected chi connectivity index (χ1v) is 6.81. The molecule has 0 aliphatic carbocycles. The molecular formula is C14H20ClNO3. The third-order valence-corrected chi connectivity index (χ3v) is 3.41. The molecule has 5 heteroatoms. The van der Waals surface area contributed by atoms with Crippen LogP contribution in [0, 0.1) is 5.41 Å². The maximum absolute atomic E-state index is 9.83. The summed E-state index contributed by atoms with van der Waals surface area (Å²) in [5.41, 5.74) is 0.212. The molecule has 1 unspecified atom stereocenters. The van der Waals surface area contributed by atoms with Gasteiger partial charge in [-0.25, -0.2) is 0 Å². The number of nitrogens with one attached hydrogen (secondary N) is 1. The number of ether oxygens (including phenoxy) is 2. The van der Waals surface area contributed by atoms with Crippen molar-refractivity contribution in [2.24, 2.45) is 5.41 Å². The second kappa shape index (κ2) is 6.57. The van der Waals surface area contributed by atoms with Crippen LogP contribution in [0.4, 0.5) is 0 Å². The zero-order valence-electron chi connectivity index (χ0n) is 11.1. The number of aliphatic hydroxyl groups is 1. The number of aliphatic hydroxyl groups excluding tert-OH is 1. The van der Waals surface area contributed by atoms with E-state index in [0.717, 1.165) is 19.8 Å². The molecule has 19 heavy (non-hydrogen) atoms. The van der Waals surface area contributed by atoms with Crippen molar-refractivity contribution in [3.8, 4) is 5.75 Å². The van der Waals surface area contributed by atoms with Gasteiger partial charge >= 0.3 is 0 Å². The Balaban J connectivity index is 1.64. The Morgan fingerprint density at radius 3 is 2.84 bits per heavy atom. The Kier molecular flexibility index (Phi) is 5.05. The SMILES string of the molecule is CC1(CNCC(O)COc2ccccc2Cl)COC1. The lowest BCUT2D eigenvalue weighted by molar-refractivity contribution is -0.0997. The van der Waals surface area contributed by atoms with Gasteiger partial charge in [-0.2, -0.15) is 0 Å².